The van der Waals surface area contributed by atoms with Gasteiger partial charge in [0.15, 0.2) is 5.84 Å². The van der Waals surface area contributed by atoms with Gasteiger partial charge in [-0.2, -0.15) is 8.42 Å². The summed E-state index contributed by atoms with van der Waals surface area (Å²) in [6.45, 7) is 0.247. The van der Waals surface area contributed by atoms with E-state index in [1.807, 2.05) is 0 Å². The fourth-order valence-electron chi connectivity index (χ4n) is 6.06. The lowest BCUT2D eigenvalue weighted by Gasteiger charge is -2.44. The Kier molecular flexibility index (Phi) is 4.42. The molecule has 2 N–H and O–H groups in total. The average molecular weight is 468 g/mol. The fourth-order valence-corrected chi connectivity index (χ4v) is 7.18. The van der Waals surface area contributed by atoms with E-state index < -0.39 is 15.9 Å². The van der Waals surface area contributed by atoms with Crippen molar-refractivity contribution in [2.45, 2.75) is 36.7 Å². The first-order valence-electron chi connectivity index (χ1n) is 11.0. The zero-order valence-electron chi connectivity index (χ0n) is 17.6. The Morgan fingerprint density at radius 2 is 1.82 bits per heavy atom. The van der Waals surface area contributed by atoms with Crippen molar-refractivity contribution in [1.29, 1.82) is 0 Å². The molecule has 2 aromatic rings. The lowest BCUT2D eigenvalue weighted by molar-refractivity contribution is -0.134. The lowest BCUT2D eigenvalue weighted by atomic mass is 9.77. The normalized spacial score (nSPS) is 29.4. The number of amidine groups is 1. The van der Waals surface area contributed by atoms with Crippen LogP contribution in [-0.4, -0.2) is 36.2 Å². The Balaban J connectivity index is 1.45. The molecule has 1 amide bonds. The van der Waals surface area contributed by atoms with E-state index >= 15 is 0 Å². The van der Waals surface area contributed by atoms with Crippen molar-refractivity contribution in [2.24, 2.45) is 22.2 Å². The summed E-state index contributed by atoms with van der Waals surface area (Å²) < 4.78 is 42.9. The summed E-state index contributed by atoms with van der Waals surface area (Å²) in [6.07, 6.45) is 2.87. The van der Waals surface area contributed by atoms with Crippen LogP contribution in [0.4, 0.5) is 10.1 Å². The van der Waals surface area contributed by atoms with Crippen molar-refractivity contribution in [3.8, 4) is 0 Å². The monoisotopic (exact) mass is 467 g/mol. The van der Waals surface area contributed by atoms with E-state index in [9.17, 15) is 22.7 Å². The molecule has 2 bridgehead atoms. The third kappa shape index (κ3) is 3.09. The van der Waals surface area contributed by atoms with Crippen molar-refractivity contribution >= 4 is 27.5 Å². The molecule has 2 aliphatic heterocycles. The second kappa shape index (κ2) is 7.15. The zero-order chi connectivity index (χ0) is 22.9. The predicted molar refractivity (Wildman–Crippen MR) is 119 cm³/mol. The van der Waals surface area contributed by atoms with Gasteiger partial charge in [0, 0.05) is 18.5 Å². The van der Waals surface area contributed by atoms with Gasteiger partial charge in [-0.15, -0.1) is 4.40 Å². The smallest absolute Gasteiger partial charge is 0.286 e. The second-order valence-electron chi connectivity index (χ2n) is 9.21. The molecule has 4 atom stereocenters. The van der Waals surface area contributed by atoms with Crippen LogP contribution in [0.15, 0.2) is 69.2 Å². The summed E-state index contributed by atoms with van der Waals surface area (Å²) in [4.78, 5) is 15.5. The molecule has 0 spiro atoms. The first-order chi connectivity index (χ1) is 15.8. The van der Waals surface area contributed by atoms with Crippen LogP contribution in [0.5, 0.6) is 0 Å². The molecule has 0 unspecified atom stereocenters. The van der Waals surface area contributed by atoms with Crippen molar-refractivity contribution in [3.63, 3.8) is 0 Å². The third-order valence-corrected chi connectivity index (χ3v) is 8.75. The standard InChI is InChI=1S/C24H22FN3O4S/c25-16-9-5-13(6-10-16)12-28-21-15-8-7-14(11-15)19(21)22(29)20(24(28)30)23-26-17-3-1-2-4-18(17)33(31,32)27-23/h1-6,9-10,14-15,19,21,29H,7-8,11-12H2,(H,26,27)/t14-,15+,19+,21-/m0/s1. The van der Waals surface area contributed by atoms with Crippen LogP contribution in [-0.2, 0) is 21.4 Å². The molecule has 33 heavy (non-hydrogen) atoms. The molecule has 2 aromatic carbocycles. The Morgan fingerprint density at radius 1 is 1.09 bits per heavy atom. The number of carbonyl (C=O) groups excluding carboxylic acids is 1. The van der Waals surface area contributed by atoms with Crippen LogP contribution < -0.4 is 5.32 Å². The minimum atomic E-state index is -4.03. The minimum Gasteiger partial charge on any atom is -0.511 e. The highest BCUT2D eigenvalue weighted by atomic mass is 32.2. The second-order valence-corrected chi connectivity index (χ2v) is 10.8. The van der Waals surface area contributed by atoms with Gasteiger partial charge in [-0.3, -0.25) is 4.79 Å². The highest BCUT2D eigenvalue weighted by Gasteiger charge is 2.57. The number of para-hydroxylation sites is 1. The van der Waals surface area contributed by atoms with E-state index in [-0.39, 0.29) is 58.2 Å². The number of aliphatic hydroxyl groups is 1. The van der Waals surface area contributed by atoms with Gasteiger partial charge in [-0.05, 0) is 60.9 Å². The summed E-state index contributed by atoms with van der Waals surface area (Å²) in [7, 11) is -4.03. The van der Waals surface area contributed by atoms with Crippen LogP contribution in [0.3, 0.4) is 0 Å². The van der Waals surface area contributed by atoms with Crippen LogP contribution in [0.25, 0.3) is 0 Å². The molecule has 0 saturated heterocycles. The largest absolute Gasteiger partial charge is 0.511 e. The van der Waals surface area contributed by atoms with Gasteiger partial charge in [-0.25, -0.2) is 4.39 Å². The van der Waals surface area contributed by atoms with E-state index in [4.69, 9.17) is 0 Å². The molecule has 2 heterocycles. The molecular formula is C24H22FN3O4S. The number of halogens is 1. The van der Waals surface area contributed by atoms with Crippen LogP contribution in [0.1, 0.15) is 24.8 Å². The number of nitrogens with zero attached hydrogens (tertiary/aromatic N) is 2. The molecule has 6 rings (SSSR count). The maximum absolute atomic E-state index is 13.8. The van der Waals surface area contributed by atoms with Crippen LogP contribution in [0.2, 0.25) is 0 Å². The van der Waals surface area contributed by atoms with Crippen LogP contribution >= 0.6 is 0 Å². The van der Waals surface area contributed by atoms with E-state index in [1.165, 1.54) is 18.2 Å². The topological polar surface area (TPSA) is 99.1 Å². The maximum Gasteiger partial charge on any atom is 0.286 e. The molecule has 0 aromatic heterocycles. The summed E-state index contributed by atoms with van der Waals surface area (Å²) in [5.41, 5.74) is 0.989. The Morgan fingerprint density at radius 3 is 2.61 bits per heavy atom. The first-order valence-corrected chi connectivity index (χ1v) is 12.5. The number of anilines is 1. The summed E-state index contributed by atoms with van der Waals surface area (Å²) in [5.74, 6) is -0.808. The van der Waals surface area contributed by atoms with Crippen molar-refractivity contribution in [3.05, 3.63) is 71.2 Å². The summed E-state index contributed by atoms with van der Waals surface area (Å²) >= 11 is 0. The minimum absolute atomic E-state index is 0.0260. The third-order valence-electron chi connectivity index (χ3n) is 7.41. The Bertz CT molecular complexity index is 1340. The van der Waals surface area contributed by atoms with Crippen molar-refractivity contribution in [1.82, 2.24) is 4.90 Å². The number of fused-ring (bicyclic) bond motifs is 6. The number of aliphatic hydroxyl groups excluding tert-OH is 1. The number of nitrogens with one attached hydrogen (secondary N) is 1. The predicted octanol–water partition coefficient (Wildman–Crippen LogP) is 3.61. The molecular weight excluding hydrogens is 445 g/mol. The van der Waals surface area contributed by atoms with Gasteiger partial charge in [0.25, 0.3) is 15.9 Å². The molecule has 0 radical (unpaired) electrons. The molecule has 2 saturated carbocycles. The van der Waals surface area contributed by atoms with Gasteiger partial charge >= 0.3 is 0 Å². The molecule has 7 nitrogen and oxygen atoms in total. The highest BCUT2D eigenvalue weighted by molar-refractivity contribution is 7.90. The molecule has 2 aliphatic carbocycles. The average Bonchev–Trinajstić information content (AvgIpc) is 3.40. The molecule has 4 aliphatic rings. The van der Waals surface area contributed by atoms with E-state index in [0.29, 0.717) is 5.69 Å². The molecule has 2 fully saturated rings. The van der Waals surface area contributed by atoms with Gasteiger partial charge < -0.3 is 15.3 Å². The SMILES string of the molecule is O=C1C(C2=NS(=O)(=O)c3ccccc3N2)=C(O)[C@@H]2[C@H]3CC[C@H](C3)[C@@H]2N1Cc1ccc(F)cc1. The number of hydrogen-bond donors (Lipinski definition) is 2. The number of amides is 1. The number of sulfonamides is 1. The van der Waals surface area contributed by atoms with Crippen LogP contribution in [0, 0.1) is 23.6 Å². The Hall–Kier alpha value is -3.20. The first kappa shape index (κ1) is 20.4. The zero-order valence-corrected chi connectivity index (χ0v) is 18.4. The Labute approximate surface area is 190 Å². The maximum atomic E-state index is 13.8. The number of rotatable bonds is 3. The molecule has 170 valence electrons. The van der Waals surface area contributed by atoms with Gasteiger partial charge in [-0.1, -0.05) is 24.3 Å². The van der Waals surface area contributed by atoms with E-state index in [2.05, 4.69) is 9.71 Å². The highest BCUT2D eigenvalue weighted by Crippen LogP contribution is 2.55. The number of benzene rings is 2. The fraction of sp³-hybridized carbons (Fsp3) is 0.333. The van der Waals surface area contributed by atoms with Crippen molar-refractivity contribution < 1.29 is 22.7 Å². The number of carbonyl (C=O) groups is 1. The number of hydrogen-bond acceptors (Lipinski definition) is 5. The quantitative estimate of drug-likeness (QED) is 0.719. The van der Waals surface area contributed by atoms with Gasteiger partial charge in [0.05, 0.1) is 5.69 Å². The summed E-state index contributed by atoms with van der Waals surface area (Å²) in [6, 6.07) is 12.2. The summed E-state index contributed by atoms with van der Waals surface area (Å²) in [5, 5.41) is 14.2. The lowest BCUT2D eigenvalue weighted by Crippen LogP contribution is -2.53. The van der Waals surface area contributed by atoms with Crippen molar-refractivity contribution in [2.75, 3.05) is 5.32 Å². The van der Waals surface area contributed by atoms with E-state index in [1.54, 1.807) is 35.2 Å². The van der Waals surface area contributed by atoms with E-state index in [0.717, 1.165) is 24.8 Å². The molecule has 9 heteroatoms. The van der Waals surface area contributed by atoms with Gasteiger partial charge in [0.1, 0.15) is 22.0 Å². The van der Waals surface area contributed by atoms with Gasteiger partial charge in [0.2, 0.25) is 0 Å².